The predicted molar refractivity (Wildman–Crippen MR) is 121 cm³/mol. The molecule has 0 aliphatic rings. The number of alkyl halides is 3. The van der Waals surface area contributed by atoms with E-state index in [9.17, 15) is 26.4 Å². The molecule has 1 aromatic heterocycles. The molecule has 2 aromatic rings. The van der Waals surface area contributed by atoms with Gasteiger partial charge in [0.05, 0.1) is 15.1 Å². The first-order valence-electron chi connectivity index (χ1n) is 8.43. The highest BCUT2D eigenvalue weighted by Crippen LogP contribution is 2.31. The van der Waals surface area contributed by atoms with Gasteiger partial charge in [-0.25, -0.2) is 13.4 Å². The molecule has 0 fully saturated rings. The first-order chi connectivity index (χ1) is 14.8. The van der Waals surface area contributed by atoms with Crippen LogP contribution >= 0.6 is 39.2 Å². The molecular weight excluding hydrogens is 557 g/mol. The highest BCUT2D eigenvalue weighted by Gasteiger charge is 2.38. The van der Waals surface area contributed by atoms with Crippen LogP contribution in [-0.2, 0) is 19.4 Å². The number of aromatic nitrogens is 2. The van der Waals surface area contributed by atoms with E-state index < -0.39 is 38.7 Å². The largest absolute Gasteiger partial charge is 0.453 e. The molecular formula is C17H16BrF3N4O4S3. The lowest BCUT2D eigenvalue weighted by atomic mass is 10.2. The van der Waals surface area contributed by atoms with Crippen molar-refractivity contribution in [1.82, 2.24) is 14.7 Å². The van der Waals surface area contributed by atoms with Crippen LogP contribution in [0.5, 0.6) is 0 Å². The molecule has 0 amide bonds. The standard InChI is InChI=1S/C17H16BrF3N4O4S3/c1-30-8-29-11(26)7-23-13(12(18)14(22)17(19,20)21)15-24-16(31-25-15)9-4-3-5-10(6-9)32(2,27)28/h3-6,22-23H,7-8H2,1-2H3/b13-12+,22-14?. The van der Waals surface area contributed by atoms with Gasteiger partial charge in [0.1, 0.15) is 17.5 Å². The molecule has 0 spiro atoms. The predicted octanol–water partition coefficient (Wildman–Crippen LogP) is 3.71. The zero-order valence-electron chi connectivity index (χ0n) is 16.5. The van der Waals surface area contributed by atoms with Crippen molar-refractivity contribution < 1.29 is 31.1 Å². The lowest BCUT2D eigenvalue weighted by molar-refractivity contribution is -0.140. The summed E-state index contributed by atoms with van der Waals surface area (Å²) in [4.78, 5) is 16.0. The highest BCUT2D eigenvalue weighted by molar-refractivity contribution is 9.12. The van der Waals surface area contributed by atoms with E-state index in [-0.39, 0.29) is 27.4 Å². The maximum Gasteiger partial charge on any atom is 0.433 e. The number of hydrogen-bond donors (Lipinski definition) is 2. The van der Waals surface area contributed by atoms with Crippen molar-refractivity contribution in [3.8, 4) is 10.6 Å². The summed E-state index contributed by atoms with van der Waals surface area (Å²) in [5.74, 6) is -0.880. The fraction of sp³-hybridized carbons (Fsp3) is 0.294. The van der Waals surface area contributed by atoms with Crippen molar-refractivity contribution in [3.63, 3.8) is 0 Å². The summed E-state index contributed by atoms with van der Waals surface area (Å²) < 4.78 is 70.9. The zero-order valence-corrected chi connectivity index (χ0v) is 20.5. The molecule has 8 nitrogen and oxygen atoms in total. The maximum atomic E-state index is 13.1. The van der Waals surface area contributed by atoms with Gasteiger partial charge in [0.15, 0.2) is 21.4 Å². The number of rotatable bonds is 9. The second-order valence-electron chi connectivity index (χ2n) is 6.06. The van der Waals surface area contributed by atoms with E-state index in [4.69, 9.17) is 10.1 Å². The van der Waals surface area contributed by atoms with Crippen molar-refractivity contribution in [2.75, 3.05) is 25.0 Å². The molecule has 1 heterocycles. The van der Waals surface area contributed by atoms with Gasteiger partial charge in [-0.3, -0.25) is 10.2 Å². The minimum atomic E-state index is -4.96. The van der Waals surface area contributed by atoms with Crippen molar-refractivity contribution in [1.29, 1.82) is 5.41 Å². The summed E-state index contributed by atoms with van der Waals surface area (Å²) in [5.41, 5.74) is -1.65. The fourth-order valence-corrected chi connectivity index (χ4v) is 4.27. The second kappa shape index (κ2) is 10.8. The molecule has 0 unspecified atom stereocenters. The number of nitrogens with zero attached hydrogens (tertiary/aromatic N) is 2. The van der Waals surface area contributed by atoms with Gasteiger partial charge in [-0.2, -0.15) is 17.5 Å². The summed E-state index contributed by atoms with van der Waals surface area (Å²) in [5, 5.41) is 10.1. The van der Waals surface area contributed by atoms with E-state index in [1.54, 1.807) is 12.3 Å². The number of thioether (sulfide) groups is 1. The van der Waals surface area contributed by atoms with Gasteiger partial charge in [-0.15, -0.1) is 11.8 Å². The van der Waals surface area contributed by atoms with Crippen molar-refractivity contribution >= 4 is 66.4 Å². The topological polar surface area (TPSA) is 122 Å². The molecule has 1 aromatic carbocycles. The summed E-state index contributed by atoms with van der Waals surface area (Å²) in [6.07, 6.45) is -2.22. The number of allylic oxidation sites excluding steroid dienone is 1. The SMILES string of the molecule is CSCOC(=O)CN/C(=C(/Br)C(=N)C(F)(F)F)c1nsc(-c2cccc(S(C)(=O)=O)c2)n1. The van der Waals surface area contributed by atoms with E-state index in [2.05, 4.69) is 30.6 Å². The van der Waals surface area contributed by atoms with Gasteiger partial charge in [-0.1, -0.05) is 12.1 Å². The number of carbonyl (C=O) groups excluding carboxylic acids is 1. The molecule has 2 N–H and O–H groups in total. The summed E-state index contributed by atoms with van der Waals surface area (Å²) >= 11 is 4.80. The number of nitrogens with one attached hydrogen (secondary N) is 2. The summed E-state index contributed by atoms with van der Waals surface area (Å²) in [7, 11) is -3.49. The lowest BCUT2D eigenvalue weighted by Crippen LogP contribution is -2.28. The maximum absolute atomic E-state index is 13.1. The van der Waals surface area contributed by atoms with Crippen LogP contribution in [-0.4, -0.2) is 60.6 Å². The van der Waals surface area contributed by atoms with E-state index in [0.717, 1.165) is 17.8 Å². The van der Waals surface area contributed by atoms with Crippen LogP contribution in [0.25, 0.3) is 16.3 Å². The summed E-state index contributed by atoms with van der Waals surface area (Å²) in [6.45, 7) is -0.492. The Morgan fingerprint density at radius 3 is 2.66 bits per heavy atom. The molecule has 15 heteroatoms. The van der Waals surface area contributed by atoms with E-state index in [1.807, 2.05) is 0 Å². The van der Waals surface area contributed by atoms with E-state index in [1.165, 1.54) is 30.0 Å². The number of carbonyl (C=O) groups is 1. The summed E-state index contributed by atoms with van der Waals surface area (Å²) in [6, 6.07) is 5.83. The minimum absolute atomic E-state index is 0.0391. The van der Waals surface area contributed by atoms with Crippen LogP contribution in [0, 0.1) is 5.41 Å². The van der Waals surface area contributed by atoms with Crippen LogP contribution in [0.15, 0.2) is 33.6 Å². The van der Waals surface area contributed by atoms with Crippen LogP contribution in [0.1, 0.15) is 5.82 Å². The van der Waals surface area contributed by atoms with Crippen molar-refractivity contribution in [2.24, 2.45) is 0 Å². The Morgan fingerprint density at radius 1 is 1.38 bits per heavy atom. The Balaban J connectivity index is 2.44. The van der Waals surface area contributed by atoms with E-state index in [0.29, 0.717) is 5.56 Å². The Labute approximate surface area is 198 Å². The van der Waals surface area contributed by atoms with Gasteiger partial charge in [-0.05, 0) is 45.9 Å². The molecule has 174 valence electrons. The number of benzene rings is 1. The van der Waals surface area contributed by atoms with Gasteiger partial charge in [0.2, 0.25) is 0 Å². The molecule has 32 heavy (non-hydrogen) atoms. The Morgan fingerprint density at radius 2 is 2.06 bits per heavy atom. The Bertz CT molecular complexity index is 1150. The van der Waals surface area contributed by atoms with Crippen LogP contribution < -0.4 is 5.32 Å². The number of hydrogen-bond acceptors (Lipinski definition) is 10. The van der Waals surface area contributed by atoms with Gasteiger partial charge in [0, 0.05) is 11.8 Å². The second-order valence-corrected chi connectivity index (χ2v) is 10.4. The number of esters is 1. The minimum Gasteiger partial charge on any atom is -0.453 e. The number of ether oxygens (including phenoxy) is 1. The highest BCUT2D eigenvalue weighted by atomic mass is 79.9. The molecule has 0 atom stereocenters. The Kier molecular flexibility index (Phi) is 8.84. The van der Waals surface area contributed by atoms with Gasteiger partial charge < -0.3 is 10.1 Å². The zero-order chi connectivity index (χ0) is 24.1. The normalized spacial score (nSPS) is 12.8. The van der Waals surface area contributed by atoms with E-state index >= 15 is 0 Å². The average Bonchev–Trinajstić information content (AvgIpc) is 3.20. The third kappa shape index (κ3) is 7.02. The third-order valence-corrected chi connectivity index (χ3v) is 6.65. The molecule has 0 radical (unpaired) electrons. The monoisotopic (exact) mass is 572 g/mol. The van der Waals surface area contributed by atoms with Crippen molar-refractivity contribution in [3.05, 3.63) is 34.6 Å². The quantitative estimate of drug-likeness (QED) is 0.265. The van der Waals surface area contributed by atoms with Crippen LogP contribution in [0.2, 0.25) is 0 Å². The third-order valence-electron chi connectivity index (χ3n) is 3.63. The van der Waals surface area contributed by atoms with Gasteiger partial charge >= 0.3 is 12.1 Å². The van der Waals surface area contributed by atoms with Crippen LogP contribution in [0.3, 0.4) is 0 Å². The smallest absolute Gasteiger partial charge is 0.433 e. The molecule has 0 aliphatic carbocycles. The van der Waals surface area contributed by atoms with Crippen LogP contribution in [0.4, 0.5) is 13.2 Å². The molecule has 0 bridgehead atoms. The first kappa shape index (κ1) is 26.3. The number of halogens is 4. The molecule has 0 aliphatic heterocycles. The fourth-order valence-electron chi connectivity index (χ4n) is 2.14. The molecule has 0 saturated heterocycles. The average molecular weight is 573 g/mol. The molecule has 2 rings (SSSR count). The number of sulfone groups is 1. The van der Waals surface area contributed by atoms with Crippen molar-refractivity contribution in [2.45, 2.75) is 11.1 Å². The lowest BCUT2D eigenvalue weighted by Gasteiger charge is -2.13. The Hall–Kier alpha value is -1.97. The first-order valence-corrected chi connectivity index (χ1v) is 13.3. The van der Waals surface area contributed by atoms with Gasteiger partial charge in [0.25, 0.3) is 0 Å². The molecule has 0 saturated carbocycles.